The molecule has 1 unspecified atom stereocenters. The van der Waals surface area contributed by atoms with Crippen molar-refractivity contribution in [1.82, 2.24) is 0 Å². The van der Waals surface area contributed by atoms with Gasteiger partial charge in [-0.25, -0.2) is 0 Å². The first kappa shape index (κ1) is 9.02. The number of nitrogens with two attached hydrogens (primary N) is 1. The molecule has 14 heavy (non-hydrogen) atoms. The number of hydrogen-bond donors (Lipinski definition) is 2. The molecule has 4 heteroatoms. The van der Waals surface area contributed by atoms with Gasteiger partial charge in [0.05, 0.1) is 5.71 Å². The fourth-order valence-electron chi connectivity index (χ4n) is 1.41. The minimum Gasteiger partial charge on any atom is -0.508 e. The molecule has 1 aliphatic rings. The van der Waals surface area contributed by atoms with Crippen molar-refractivity contribution in [3.05, 3.63) is 29.8 Å². The summed E-state index contributed by atoms with van der Waals surface area (Å²) in [7, 11) is 0. The van der Waals surface area contributed by atoms with E-state index < -0.39 is 0 Å². The molecule has 0 bridgehead atoms. The van der Waals surface area contributed by atoms with Crippen molar-refractivity contribution in [1.29, 1.82) is 0 Å². The summed E-state index contributed by atoms with van der Waals surface area (Å²) >= 11 is 0. The monoisotopic (exact) mass is 192 g/mol. The molecule has 0 fully saturated rings. The van der Waals surface area contributed by atoms with Crippen LogP contribution in [0.25, 0.3) is 0 Å². The SMILES string of the molecule is NCC1=NOC(c2ccc(O)cc2)C1. The molecule has 1 aromatic rings. The molecular formula is C10H12N2O2. The summed E-state index contributed by atoms with van der Waals surface area (Å²) in [5.74, 6) is 0.256. The molecule has 0 aliphatic carbocycles. The predicted octanol–water partition coefficient (Wildman–Crippen LogP) is 1.17. The van der Waals surface area contributed by atoms with Gasteiger partial charge in [-0.2, -0.15) is 0 Å². The average Bonchev–Trinajstić information content (AvgIpc) is 2.67. The second-order valence-corrected chi connectivity index (χ2v) is 3.25. The third kappa shape index (κ3) is 1.70. The van der Waals surface area contributed by atoms with Crippen LogP contribution < -0.4 is 5.73 Å². The number of phenols is 1. The van der Waals surface area contributed by atoms with Crippen molar-refractivity contribution in [2.45, 2.75) is 12.5 Å². The van der Waals surface area contributed by atoms with E-state index in [4.69, 9.17) is 15.7 Å². The molecule has 0 saturated heterocycles. The summed E-state index contributed by atoms with van der Waals surface area (Å²) in [5, 5.41) is 13.0. The van der Waals surface area contributed by atoms with Crippen molar-refractivity contribution in [3.8, 4) is 5.75 Å². The molecule has 74 valence electrons. The quantitative estimate of drug-likeness (QED) is 0.739. The molecule has 0 radical (unpaired) electrons. The van der Waals surface area contributed by atoms with Gasteiger partial charge in [0.15, 0.2) is 6.10 Å². The number of oxime groups is 1. The number of phenolic OH excluding ortho intramolecular Hbond substituents is 1. The van der Waals surface area contributed by atoms with Gasteiger partial charge in [-0.15, -0.1) is 0 Å². The van der Waals surface area contributed by atoms with Crippen LogP contribution >= 0.6 is 0 Å². The Morgan fingerprint density at radius 3 is 2.71 bits per heavy atom. The molecule has 0 amide bonds. The predicted molar refractivity (Wildman–Crippen MR) is 53.0 cm³/mol. The Labute approximate surface area is 82.0 Å². The highest BCUT2D eigenvalue weighted by Gasteiger charge is 2.21. The Morgan fingerprint density at radius 1 is 1.43 bits per heavy atom. The van der Waals surface area contributed by atoms with Crippen LogP contribution in [0.5, 0.6) is 5.75 Å². The highest BCUT2D eigenvalue weighted by molar-refractivity contribution is 5.87. The Bertz CT molecular complexity index is 346. The summed E-state index contributed by atoms with van der Waals surface area (Å²) in [4.78, 5) is 5.21. The third-order valence-electron chi connectivity index (χ3n) is 2.23. The molecule has 1 aromatic carbocycles. The zero-order valence-corrected chi connectivity index (χ0v) is 7.68. The highest BCUT2D eigenvalue weighted by atomic mass is 16.6. The van der Waals surface area contributed by atoms with E-state index in [0.29, 0.717) is 6.54 Å². The van der Waals surface area contributed by atoms with E-state index in [1.807, 2.05) is 12.1 Å². The first-order valence-electron chi connectivity index (χ1n) is 4.50. The Kier molecular flexibility index (Phi) is 2.37. The van der Waals surface area contributed by atoms with Crippen LogP contribution in [-0.4, -0.2) is 17.4 Å². The smallest absolute Gasteiger partial charge is 0.157 e. The van der Waals surface area contributed by atoms with E-state index in [9.17, 15) is 0 Å². The minimum atomic E-state index is -0.0471. The lowest BCUT2D eigenvalue weighted by molar-refractivity contribution is 0.0857. The number of rotatable bonds is 2. The van der Waals surface area contributed by atoms with Crippen LogP contribution in [0, 0.1) is 0 Å². The topological polar surface area (TPSA) is 67.8 Å². The molecule has 1 aliphatic heterocycles. The molecule has 2 rings (SSSR count). The van der Waals surface area contributed by atoms with Gasteiger partial charge >= 0.3 is 0 Å². The van der Waals surface area contributed by atoms with Gasteiger partial charge in [0, 0.05) is 13.0 Å². The summed E-state index contributed by atoms with van der Waals surface area (Å²) in [6.07, 6.45) is 0.690. The van der Waals surface area contributed by atoms with Crippen molar-refractivity contribution < 1.29 is 9.94 Å². The number of benzene rings is 1. The first-order chi connectivity index (χ1) is 6.79. The maximum atomic E-state index is 9.11. The molecule has 4 nitrogen and oxygen atoms in total. The maximum Gasteiger partial charge on any atom is 0.157 e. The van der Waals surface area contributed by atoms with Crippen LogP contribution in [0.4, 0.5) is 0 Å². The van der Waals surface area contributed by atoms with E-state index in [-0.39, 0.29) is 11.9 Å². The standard InChI is InChI=1S/C10H12N2O2/c11-6-8-5-10(14-12-8)7-1-3-9(13)4-2-7/h1-4,10,13H,5-6,11H2. The molecule has 0 saturated carbocycles. The van der Waals surface area contributed by atoms with Gasteiger partial charge in [-0.05, 0) is 17.7 Å². The zero-order valence-electron chi connectivity index (χ0n) is 7.68. The van der Waals surface area contributed by atoms with E-state index in [2.05, 4.69) is 5.16 Å². The zero-order chi connectivity index (χ0) is 9.97. The molecule has 0 spiro atoms. The molecule has 1 atom stereocenters. The maximum absolute atomic E-state index is 9.11. The summed E-state index contributed by atoms with van der Waals surface area (Å²) < 4.78 is 0. The normalized spacial score (nSPS) is 20.4. The second-order valence-electron chi connectivity index (χ2n) is 3.25. The van der Waals surface area contributed by atoms with Gasteiger partial charge in [-0.3, -0.25) is 0 Å². The van der Waals surface area contributed by atoms with Crippen LogP contribution in [0.3, 0.4) is 0 Å². The molecule has 0 aromatic heterocycles. The van der Waals surface area contributed by atoms with E-state index in [0.717, 1.165) is 17.7 Å². The Balaban J connectivity index is 2.08. The average molecular weight is 192 g/mol. The first-order valence-corrected chi connectivity index (χ1v) is 4.50. The summed E-state index contributed by atoms with van der Waals surface area (Å²) in [6, 6.07) is 6.93. The summed E-state index contributed by atoms with van der Waals surface area (Å²) in [6.45, 7) is 0.439. The van der Waals surface area contributed by atoms with Crippen molar-refractivity contribution in [2.24, 2.45) is 10.9 Å². The fraction of sp³-hybridized carbons (Fsp3) is 0.300. The van der Waals surface area contributed by atoms with Gasteiger partial charge in [-0.1, -0.05) is 17.3 Å². The third-order valence-corrected chi connectivity index (χ3v) is 2.23. The Morgan fingerprint density at radius 2 is 2.14 bits per heavy atom. The molecular weight excluding hydrogens is 180 g/mol. The Hall–Kier alpha value is -1.55. The molecule has 3 N–H and O–H groups in total. The van der Waals surface area contributed by atoms with Crippen LogP contribution in [-0.2, 0) is 4.84 Å². The minimum absolute atomic E-state index is 0.0471. The number of hydrogen-bond acceptors (Lipinski definition) is 4. The van der Waals surface area contributed by atoms with E-state index in [1.54, 1.807) is 12.1 Å². The number of aromatic hydroxyl groups is 1. The lowest BCUT2D eigenvalue weighted by Crippen LogP contribution is -2.12. The van der Waals surface area contributed by atoms with Crippen molar-refractivity contribution >= 4 is 5.71 Å². The largest absolute Gasteiger partial charge is 0.508 e. The lowest BCUT2D eigenvalue weighted by atomic mass is 10.0. The van der Waals surface area contributed by atoms with Gasteiger partial charge in [0.2, 0.25) is 0 Å². The molecule has 1 heterocycles. The highest BCUT2D eigenvalue weighted by Crippen LogP contribution is 2.27. The van der Waals surface area contributed by atoms with Gasteiger partial charge in [0.25, 0.3) is 0 Å². The van der Waals surface area contributed by atoms with Crippen molar-refractivity contribution in [2.75, 3.05) is 6.54 Å². The van der Waals surface area contributed by atoms with Gasteiger partial charge in [0.1, 0.15) is 5.75 Å². The summed E-state index contributed by atoms with van der Waals surface area (Å²) in [5.41, 5.74) is 7.33. The van der Waals surface area contributed by atoms with E-state index in [1.165, 1.54) is 0 Å². The second kappa shape index (κ2) is 3.67. The van der Waals surface area contributed by atoms with Gasteiger partial charge < -0.3 is 15.7 Å². The fourth-order valence-corrected chi connectivity index (χ4v) is 1.41. The van der Waals surface area contributed by atoms with Crippen molar-refractivity contribution in [3.63, 3.8) is 0 Å². The lowest BCUT2D eigenvalue weighted by Gasteiger charge is -2.07. The van der Waals surface area contributed by atoms with E-state index >= 15 is 0 Å². The van der Waals surface area contributed by atoms with Crippen LogP contribution in [0.15, 0.2) is 29.4 Å². The van der Waals surface area contributed by atoms with Crippen LogP contribution in [0.2, 0.25) is 0 Å². The van der Waals surface area contributed by atoms with Crippen LogP contribution in [0.1, 0.15) is 18.1 Å². The number of nitrogens with zero attached hydrogens (tertiary/aromatic N) is 1.